The lowest BCUT2D eigenvalue weighted by molar-refractivity contribution is -0.140. The van der Waals surface area contributed by atoms with Crippen molar-refractivity contribution in [3.05, 3.63) is 94.8 Å². The lowest BCUT2D eigenvalue weighted by atomic mass is 9.83. The number of rotatable bonds is 16. The summed E-state index contributed by atoms with van der Waals surface area (Å²) in [6.45, 7) is 9.30. The second-order valence-corrected chi connectivity index (χ2v) is 17.8. The van der Waals surface area contributed by atoms with Gasteiger partial charge in [0, 0.05) is 94.6 Å². The van der Waals surface area contributed by atoms with Gasteiger partial charge in [-0.1, -0.05) is 57.4 Å². The SMILES string of the molecule is CC.CNCCCO.N=C(Cc1ccc(F)c(C(=O)N2CCN(C(=O)CN3CCC(OC4CCN(C(=O)C(NC(=O)c5ncccn5)C5CCCCC5)CC4)CC3)CC2)c1)c1ccccc1C(N)=O. The van der Waals surface area contributed by atoms with Crippen LogP contribution in [0.3, 0.4) is 0 Å². The Morgan fingerprint density at radius 1 is 0.797 bits per heavy atom. The average Bonchev–Trinajstić information content (AvgIpc) is 3.39. The van der Waals surface area contributed by atoms with Gasteiger partial charge < -0.3 is 46.3 Å². The van der Waals surface area contributed by atoms with Crippen molar-refractivity contribution in [1.29, 1.82) is 5.41 Å². The van der Waals surface area contributed by atoms with Crippen molar-refractivity contribution in [2.75, 3.05) is 79.1 Å². The van der Waals surface area contributed by atoms with Crippen LogP contribution in [-0.4, -0.2) is 167 Å². The maximum absolute atomic E-state index is 15.0. The van der Waals surface area contributed by atoms with Crippen molar-refractivity contribution < 1.29 is 38.2 Å². The molecule has 2 aromatic carbocycles. The summed E-state index contributed by atoms with van der Waals surface area (Å²) in [5.74, 6) is -2.10. The number of hydrogen-bond acceptors (Lipinski definition) is 12. The standard InChI is InChI=1S/C45H56FN9O6.C4H11NO.C2H6/c46-37-12-11-30(28-38(47)34-9-4-5-10-35(34)41(48)57)27-36(37)44(59)55-25-23-53(24-26-55)39(56)29-52-19-13-32(14-20-52)61-33-15-21-54(22-16-33)45(60)40(31-7-2-1-3-8-31)51-43(58)42-49-17-6-18-50-42;1-5-3-2-4-6;1-2/h4-6,9-12,17-18,27,31-33,40,47H,1-3,7-8,13-16,19-26,28-29H2,(H2,48,57)(H,51,58);5-6H,2-4H2,1H3;1-2H3. The van der Waals surface area contributed by atoms with E-state index in [1.54, 1.807) is 40.1 Å². The number of aliphatic hydroxyl groups excluding tert-OH is 1. The number of nitrogens with zero attached hydrogens (tertiary/aromatic N) is 6. The van der Waals surface area contributed by atoms with E-state index in [4.69, 9.17) is 21.0 Å². The normalized spacial score (nSPS) is 17.7. The first kappa shape index (κ1) is 54.3. The maximum atomic E-state index is 15.0. The molecule has 3 aliphatic heterocycles. The van der Waals surface area contributed by atoms with Gasteiger partial charge in [-0.3, -0.25) is 28.9 Å². The summed E-state index contributed by atoms with van der Waals surface area (Å²) in [4.78, 5) is 81.0. The number of aromatic nitrogens is 2. The Morgan fingerprint density at radius 3 is 2.00 bits per heavy atom. The van der Waals surface area contributed by atoms with Crippen LogP contribution in [0.2, 0.25) is 0 Å². The van der Waals surface area contributed by atoms with E-state index in [1.807, 2.05) is 25.8 Å². The molecule has 3 aromatic rings. The highest BCUT2D eigenvalue weighted by molar-refractivity contribution is 6.09. The molecule has 5 amide bonds. The Balaban J connectivity index is 0.00000103. The molecule has 1 aliphatic carbocycles. The van der Waals surface area contributed by atoms with Crippen LogP contribution in [0.4, 0.5) is 4.39 Å². The molecule has 376 valence electrons. The molecule has 4 heterocycles. The predicted octanol–water partition coefficient (Wildman–Crippen LogP) is 4.07. The van der Waals surface area contributed by atoms with Crippen LogP contribution in [0, 0.1) is 17.1 Å². The number of benzene rings is 2. The third-order valence-corrected chi connectivity index (χ3v) is 13.1. The Morgan fingerprint density at radius 2 is 1.41 bits per heavy atom. The highest BCUT2D eigenvalue weighted by Crippen LogP contribution is 2.29. The molecular weight excluding hydrogens is 884 g/mol. The summed E-state index contributed by atoms with van der Waals surface area (Å²) in [7, 11) is 1.87. The van der Waals surface area contributed by atoms with E-state index < -0.39 is 29.6 Å². The number of nitrogens with one attached hydrogen (secondary N) is 3. The Labute approximate surface area is 406 Å². The van der Waals surface area contributed by atoms with Gasteiger partial charge in [0.25, 0.3) is 11.8 Å². The highest BCUT2D eigenvalue weighted by atomic mass is 19.1. The number of aliphatic hydroxyl groups is 1. The van der Waals surface area contributed by atoms with Crippen LogP contribution in [0.15, 0.2) is 60.9 Å². The molecule has 17 nitrogen and oxygen atoms in total. The molecule has 69 heavy (non-hydrogen) atoms. The van der Waals surface area contributed by atoms with Crippen molar-refractivity contribution in [1.82, 2.24) is 40.2 Å². The molecule has 7 rings (SSSR count). The summed E-state index contributed by atoms with van der Waals surface area (Å²) in [5.41, 5.74) is 6.67. The first-order valence-electron chi connectivity index (χ1n) is 24.8. The fourth-order valence-electron chi connectivity index (χ4n) is 9.34. The van der Waals surface area contributed by atoms with Gasteiger partial charge in [0.2, 0.25) is 23.5 Å². The van der Waals surface area contributed by atoms with Crippen LogP contribution in [0.25, 0.3) is 0 Å². The van der Waals surface area contributed by atoms with Gasteiger partial charge in [0.1, 0.15) is 11.9 Å². The fraction of sp³-hybridized carbons (Fsp3) is 0.569. The monoisotopic (exact) mass is 957 g/mol. The number of amides is 5. The summed E-state index contributed by atoms with van der Waals surface area (Å²) in [6, 6.07) is 11.8. The number of piperidine rings is 2. The number of halogens is 1. The molecule has 18 heteroatoms. The first-order valence-corrected chi connectivity index (χ1v) is 24.8. The number of piperazine rings is 1. The maximum Gasteiger partial charge on any atom is 0.289 e. The largest absolute Gasteiger partial charge is 0.396 e. The van der Waals surface area contributed by atoms with Crippen LogP contribution < -0.4 is 16.4 Å². The van der Waals surface area contributed by atoms with Gasteiger partial charge in [0.15, 0.2) is 0 Å². The Hall–Kier alpha value is -5.69. The molecule has 3 saturated heterocycles. The Bertz CT molecular complexity index is 2130. The van der Waals surface area contributed by atoms with Crippen LogP contribution >= 0.6 is 0 Å². The van der Waals surface area contributed by atoms with Gasteiger partial charge in [-0.15, -0.1) is 0 Å². The molecule has 1 atom stereocenters. The van der Waals surface area contributed by atoms with E-state index in [0.717, 1.165) is 83.8 Å². The van der Waals surface area contributed by atoms with E-state index in [1.165, 1.54) is 30.6 Å². The smallest absolute Gasteiger partial charge is 0.289 e. The van der Waals surface area contributed by atoms with Gasteiger partial charge in [0.05, 0.1) is 24.3 Å². The molecule has 1 unspecified atom stereocenters. The van der Waals surface area contributed by atoms with Gasteiger partial charge in [-0.25, -0.2) is 14.4 Å². The molecule has 0 radical (unpaired) electrons. The molecule has 6 N–H and O–H groups in total. The second-order valence-electron chi connectivity index (χ2n) is 17.8. The van der Waals surface area contributed by atoms with Crippen molar-refractivity contribution >= 4 is 35.2 Å². The number of ether oxygens (including phenoxy) is 1. The van der Waals surface area contributed by atoms with E-state index in [0.29, 0.717) is 43.9 Å². The van der Waals surface area contributed by atoms with Gasteiger partial charge >= 0.3 is 0 Å². The molecule has 4 fully saturated rings. The third kappa shape index (κ3) is 15.9. The molecule has 1 saturated carbocycles. The topological polar surface area (TPSA) is 227 Å². The quantitative estimate of drug-likeness (QED) is 0.102. The van der Waals surface area contributed by atoms with Crippen LogP contribution in [0.5, 0.6) is 0 Å². The summed E-state index contributed by atoms with van der Waals surface area (Å²) in [6.07, 6.45) is 12.2. The predicted molar refractivity (Wildman–Crippen MR) is 261 cm³/mol. The van der Waals surface area contributed by atoms with E-state index in [-0.39, 0.29) is 78.7 Å². The summed E-state index contributed by atoms with van der Waals surface area (Å²) >= 11 is 0. The zero-order chi connectivity index (χ0) is 49.7. The lowest BCUT2D eigenvalue weighted by Gasteiger charge is -2.40. The number of primary amides is 1. The van der Waals surface area contributed by atoms with Crippen LogP contribution in [0.1, 0.15) is 121 Å². The molecule has 0 bridgehead atoms. The fourth-order valence-corrected chi connectivity index (χ4v) is 9.34. The van der Waals surface area contributed by atoms with E-state index >= 15 is 0 Å². The van der Waals surface area contributed by atoms with Crippen molar-refractivity contribution in [2.24, 2.45) is 11.7 Å². The number of likely N-dealkylation sites (tertiary alicyclic amines) is 2. The molecule has 4 aliphatic rings. The van der Waals surface area contributed by atoms with E-state index in [9.17, 15) is 28.4 Å². The van der Waals surface area contributed by atoms with Crippen LogP contribution in [-0.2, 0) is 20.7 Å². The number of hydrogen-bond donors (Lipinski definition) is 5. The lowest BCUT2D eigenvalue weighted by Crippen LogP contribution is -2.55. The molecular formula is C51H73FN10O7. The Kier molecular flexibility index (Phi) is 22.1. The average molecular weight is 957 g/mol. The third-order valence-electron chi connectivity index (χ3n) is 13.1. The summed E-state index contributed by atoms with van der Waals surface area (Å²) < 4.78 is 21.5. The van der Waals surface area contributed by atoms with Crippen molar-refractivity contribution in [3.63, 3.8) is 0 Å². The van der Waals surface area contributed by atoms with Crippen molar-refractivity contribution in [3.8, 4) is 0 Å². The van der Waals surface area contributed by atoms with E-state index in [2.05, 4.69) is 25.5 Å². The highest BCUT2D eigenvalue weighted by Gasteiger charge is 2.37. The molecule has 1 aromatic heterocycles. The zero-order valence-electron chi connectivity index (χ0n) is 40.7. The first-order chi connectivity index (χ1) is 33.4. The number of carbonyl (C=O) groups is 5. The minimum absolute atomic E-state index is 0.00884. The number of nitrogens with two attached hydrogens (primary N) is 1. The molecule has 0 spiro atoms. The minimum atomic E-state index is -0.662. The minimum Gasteiger partial charge on any atom is -0.396 e. The van der Waals surface area contributed by atoms with Gasteiger partial charge in [-0.2, -0.15) is 0 Å². The van der Waals surface area contributed by atoms with Gasteiger partial charge in [-0.05, 0) is 94.3 Å². The zero-order valence-corrected chi connectivity index (χ0v) is 40.7. The summed E-state index contributed by atoms with van der Waals surface area (Å²) in [5, 5.41) is 22.6. The van der Waals surface area contributed by atoms with Crippen molar-refractivity contribution in [2.45, 2.75) is 103 Å². The number of carbonyl (C=O) groups excluding carboxylic acids is 5. The second kappa shape index (κ2) is 28.1.